The van der Waals surface area contributed by atoms with Gasteiger partial charge in [0.2, 0.25) is 5.88 Å². The molecular formula is C20H26FIN4O. The van der Waals surface area contributed by atoms with E-state index < -0.39 is 0 Å². The number of hydrogen-bond donors (Lipinski definition) is 2. The van der Waals surface area contributed by atoms with Gasteiger partial charge < -0.3 is 15.4 Å². The van der Waals surface area contributed by atoms with Gasteiger partial charge in [-0.05, 0) is 54.5 Å². The van der Waals surface area contributed by atoms with Crippen molar-refractivity contribution in [3.8, 4) is 5.88 Å². The van der Waals surface area contributed by atoms with Gasteiger partial charge >= 0.3 is 0 Å². The summed E-state index contributed by atoms with van der Waals surface area (Å²) in [5.41, 5.74) is 2.58. The van der Waals surface area contributed by atoms with Crippen molar-refractivity contribution in [2.75, 3.05) is 13.7 Å². The van der Waals surface area contributed by atoms with Crippen LogP contribution in [0.2, 0.25) is 0 Å². The standard InChI is InChI=1S/C20H25FN4O.HI/c1-14-3-4-16(9-18(14)21)11-24-20(22-2)25-12-17-7-8-23-19(10-17)26-13-15-5-6-15;/h3-4,7-10,15H,5-6,11-13H2,1-2H3,(H2,22,24,25);1H. The second-order valence-electron chi connectivity index (χ2n) is 6.62. The third kappa shape index (κ3) is 6.97. The summed E-state index contributed by atoms with van der Waals surface area (Å²) in [6.45, 7) is 3.61. The first-order valence-electron chi connectivity index (χ1n) is 8.91. The van der Waals surface area contributed by atoms with Crippen LogP contribution in [0.1, 0.15) is 29.5 Å². The van der Waals surface area contributed by atoms with Crippen LogP contribution >= 0.6 is 24.0 Å². The first-order valence-corrected chi connectivity index (χ1v) is 8.91. The van der Waals surface area contributed by atoms with Crippen LogP contribution in [0.25, 0.3) is 0 Å². The first-order chi connectivity index (χ1) is 12.6. The summed E-state index contributed by atoms with van der Waals surface area (Å²) in [5, 5.41) is 6.44. The van der Waals surface area contributed by atoms with Gasteiger partial charge in [-0.2, -0.15) is 0 Å². The van der Waals surface area contributed by atoms with Crippen molar-refractivity contribution in [2.45, 2.75) is 32.9 Å². The van der Waals surface area contributed by atoms with Crippen LogP contribution in [0.3, 0.4) is 0 Å². The highest BCUT2D eigenvalue weighted by Crippen LogP contribution is 2.29. The number of aliphatic imine (C=N–C) groups is 1. The van der Waals surface area contributed by atoms with Gasteiger partial charge in [0.25, 0.3) is 0 Å². The lowest BCUT2D eigenvalue weighted by molar-refractivity contribution is 0.288. The Morgan fingerprint density at radius 2 is 1.89 bits per heavy atom. The molecule has 1 heterocycles. The number of pyridine rings is 1. The van der Waals surface area contributed by atoms with Crippen LogP contribution in [0.15, 0.2) is 41.5 Å². The van der Waals surface area contributed by atoms with E-state index in [9.17, 15) is 4.39 Å². The fourth-order valence-electron chi connectivity index (χ4n) is 2.47. The number of halogens is 2. The van der Waals surface area contributed by atoms with Crippen molar-refractivity contribution in [3.05, 3.63) is 59.0 Å². The van der Waals surface area contributed by atoms with Crippen molar-refractivity contribution in [2.24, 2.45) is 10.9 Å². The molecule has 27 heavy (non-hydrogen) atoms. The molecule has 2 aromatic rings. The number of guanidine groups is 1. The molecule has 1 aromatic heterocycles. The highest BCUT2D eigenvalue weighted by Gasteiger charge is 2.22. The monoisotopic (exact) mass is 484 g/mol. The maximum absolute atomic E-state index is 13.6. The molecule has 146 valence electrons. The van der Waals surface area contributed by atoms with Crippen molar-refractivity contribution in [1.82, 2.24) is 15.6 Å². The average Bonchev–Trinajstić information content (AvgIpc) is 3.48. The van der Waals surface area contributed by atoms with E-state index in [-0.39, 0.29) is 29.8 Å². The van der Waals surface area contributed by atoms with E-state index in [1.165, 1.54) is 12.8 Å². The third-order valence-corrected chi connectivity index (χ3v) is 4.34. The molecule has 1 aromatic carbocycles. The van der Waals surface area contributed by atoms with Crippen molar-refractivity contribution in [1.29, 1.82) is 0 Å². The van der Waals surface area contributed by atoms with Crippen molar-refractivity contribution >= 4 is 29.9 Å². The molecule has 0 bridgehead atoms. The molecule has 1 aliphatic rings. The normalized spacial score (nSPS) is 13.7. The minimum Gasteiger partial charge on any atom is -0.477 e. The van der Waals surface area contributed by atoms with Crippen LogP contribution in [-0.2, 0) is 13.1 Å². The molecule has 0 unspecified atom stereocenters. The Hall–Kier alpha value is -1.90. The second kappa shape index (κ2) is 10.4. The predicted molar refractivity (Wildman–Crippen MR) is 116 cm³/mol. The lowest BCUT2D eigenvalue weighted by atomic mass is 10.1. The zero-order valence-electron chi connectivity index (χ0n) is 15.7. The zero-order chi connectivity index (χ0) is 18.4. The van der Waals surface area contributed by atoms with E-state index in [2.05, 4.69) is 20.6 Å². The number of aryl methyl sites for hydroxylation is 1. The smallest absolute Gasteiger partial charge is 0.213 e. The van der Waals surface area contributed by atoms with Crippen molar-refractivity contribution < 1.29 is 9.13 Å². The topological polar surface area (TPSA) is 58.5 Å². The van der Waals surface area contributed by atoms with Gasteiger partial charge in [0.05, 0.1) is 6.61 Å². The van der Waals surface area contributed by atoms with Crippen LogP contribution in [0.5, 0.6) is 5.88 Å². The summed E-state index contributed by atoms with van der Waals surface area (Å²) < 4.78 is 19.3. The Morgan fingerprint density at radius 3 is 2.52 bits per heavy atom. The lowest BCUT2D eigenvalue weighted by Crippen LogP contribution is -2.36. The van der Waals surface area contributed by atoms with Gasteiger partial charge in [-0.1, -0.05) is 12.1 Å². The maximum atomic E-state index is 13.6. The summed E-state index contributed by atoms with van der Waals surface area (Å²) in [6, 6.07) is 9.12. The van der Waals surface area contributed by atoms with E-state index in [0.717, 1.165) is 17.7 Å². The molecule has 0 radical (unpaired) electrons. The first kappa shape index (κ1) is 21.4. The minimum atomic E-state index is -0.192. The highest BCUT2D eigenvalue weighted by atomic mass is 127. The molecular weight excluding hydrogens is 458 g/mol. The molecule has 5 nitrogen and oxygen atoms in total. The van der Waals surface area contributed by atoms with E-state index in [4.69, 9.17) is 4.74 Å². The van der Waals surface area contributed by atoms with E-state index >= 15 is 0 Å². The summed E-state index contributed by atoms with van der Waals surface area (Å²) in [4.78, 5) is 8.45. The maximum Gasteiger partial charge on any atom is 0.213 e. The second-order valence-corrected chi connectivity index (χ2v) is 6.62. The van der Waals surface area contributed by atoms with E-state index in [1.54, 1.807) is 32.3 Å². The van der Waals surface area contributed by atoms with Crippen LogP contribution in [0, 0.1) is 18.7 Å². The highest BCUT2D eigenvalue weighted by molar-refractivity contribution is 14.0. The van der Waals surface area contributed by atoms with E-state index in [0.29, 0.717) is 36.4 Å². The Kier molecular flexibility index (Phi) is 8.27. The molecule has 0 atom stereocenters. The zero-order valence-corrected chi connectivity index (χ0v) is 18.0. The molecule has 0 saturated heterocycles. The summed E-state index contributed by atoms with van der Waals surface area (Å²) in [6.07, 6.45) is 4.27. The largest absolute Gasteiger partial charge is 0.477 e. The Bertz CT molecular complexity index is 780. The molecule has 1 saturated carbocycles. The molecule has 0 aliphatic heterocycles. The number of nitrogens with one attached hydrogen (secondary N) is 2. The SMILES string of the molecule is CN=C(NCc1ccnc(OCC2CC2)c1)NCc1ccc(C)c(F)c1.I. The van der Waals surface area contributed by atoms with Gasteiger partial charge in [0, 0.05) is 32.4 Å². The summed E-state index contributed by atoms with van der Waals surface area (Å²) in [5.74, 6) is 1.83. The Labute approximate surface area is 176 Å². The number of hydrogen-bond acceptors (Lipinski definition) is 3. The minimum absolute atomic E-state index is 0. The van der Waals surface area contributed by atoms with Gasteiger partial charge in [0.1, 0.15) is 5.82 Å². The Balaban J connectivity index is 0.00000261. The quantitative estimate of drug-likeness (QED) is 0.357. The lowest BCUT2D eigenvalue weighted by Gasteiger charge is -2.13. The third-order valence-electron chi connectivity index (χ3n) is 4.34. The van der Waals surface area contributed by atoms with Crippen LogP contribution in [-0.4, -0.2) is 24.6 Å². The molecule has 0 amide bonds. The number of nitrogens with zero attached hydrogens (tertiary/aromatic N) is 2. The molecule has 1 fully saturated rings. The Morgan fingerprint density at radius 1 is 1.19 bits per heavy atom. The number of ether oxygens (including phenoxy) is 1. The number of rotatable bonds is 7. The van der Waals surface area contributed by atoms with Crippen LogP contribution in [0.4, 0.5) is 4.39 Å². The average molecular weight is 484 g/mol. The van der Waals surface area contributed by atoms with Gasteiger partial charge in [-0.25, -0.2) is 9.37 Å². The molecule has 0 spiro atoms. The molecule has 1 aliphatic carbocycles. The molecule has 2 N–H and O–H groups in total. The fraction of sp³-hybridized carbons (Fsp3) is 0.400. The fourth-order valence-corrected chi connectivity index (χ4v) is 2.47. The summed E-state index contributed by atoms with van der Waals surface area (Å²) >= 11 is 0. The number of aromatic nitrogens is 1. The predicted octanol–water partition coefficient (Wildman–Crippen LogP) is 3.80. The van der Waals surface area contributed by atoms with Gasteiger partial charge in [-0.3, -0.25) is 4.99 Å². The summed E-state index contributed by atoms with van der Waals surface area (Å²) in [7, 11) is 1.71. The van der Waals surface area contributed by atoms with Gasteiger partial charge in [-0.15, -0.1) is 24.0 Å². The molecule has 7 heteroatoms. The van der Waals surface area contributed by atoms with Crippen LogP contribution < -0.4 is 15.4 Å². The van der Waals surface area contributed by atoms with E-state index in [1.807, 2.05) is 18.2 Å². The van der Waals surface area contributed by atoms with Gasteiger partial charge in [0.15, 0.2) is 5.96 Å². The van der Waals surface area contributed by atoms with Crippen molar-refractivity contribution in [3.63, 3.8) is 0 Å². The molecule has 3 rings (SSSR count). The number of benzene rings is 1.